The summed E-state index contributed by atoms with van der Waals surface area (Å²) in [7, 11) is 0. The van der Waals surface area contributed by atoms with E-state index in [4.69, 9.17) is 33.7 Å². The van der Waals surface area contributed by atoms with Crippen LogP contribution >= 0.6 is 23.2 Å². The molecule has 0 radical (unpaired) electrons. The lowest BCUT2D eigenvalue weighted by Crippen LogP contribution is -2.38. The molecule has 1 aliphatic carbocycles. The van der Waals surface area contributed by atoms with Gasteiger partial charge in [-0.2, -0.15) is 5.26 Å². The molecule has 0 fully saturated rings. The van der Waals surface area contributed by atoms with Gasteiger partial charge in [-0.3, -0.25) is 9.69 Å². The number of nitrogens with two attached hydrogens (primary N) is 1. The summed E-state index contributed by atoms with van der Waals surface area (Å²) in [6.45, 7) is 4.38. The summed E-state index contributed by atoms with van der Waals surface area (Å²) in [5.74, 6) is 0.560. The Morgan fingerprint density at radius 2 is 1.66 bits per heavy atom. The van der Waals surface area contributed by atoms with E-state index < -0.39 is 5.92 Å². The third kappa shape index (κ3) is 4.78. The zero-order valence-electron chi connectivity index (χ0n) is 21.2. The van der Waals surface area contributed by atoms with Crippen molar-refractivity contribution in [3.8, 4) is 11.8 Å². The van der Waals surface area contributed by atoms with E-state index in [-0.39, 0.29) is 5.78 Å². The molecule has 1 unspecified atom stereocenters. The molecule has 0 saturated carbocycles. The highest BCUT2D eigenvalue weighted by molar-refractivity contribution is 6.30. The smallest absolute Gasteiger partial charge is 0.161 e. The average Bonchev–Trinajstić information content (AvgIpc) is 2.90. The first kappa shape index (κ1) is 25.9. The number of ketones is 1. The SMILES string of the molecule is Cc1cc(C)c(C2C(C#N)=C(N)N(c3ccc(Cl)cc3)C3=C2C(=O)CCC3)cc1COc1ccc(Cl)cc1. The van der Waals surface area contributed by atoms with Crippen molar-refractivity contribution in [2.24, 2.45) is 5.73 Å². The summed E-state index contributed by atoms with van der Waals surface area (Å²) < 4.78 is 6.04. The number of Topliss-reactive ketones (excluding diaryl/α,β-unsaturated/α-hetero) is 1. The normalized spacial score (nSPS) is 17.4. The molecule has 5 nitrogen and oxygen atoms in total. The number of rotatable bonds is 5. The Hall–Kier alpha value is -3.72. The van der Waals surface area contributed by atoms with E-state index in [1.807, 2.05) is 43.0 Å². The van der Waals surface area contributed by atoms with Gasteiger partial charge < -0.3 is 10.5 Å². The average molecular weight is 544 g/mol. The first-order valence-electron chi connectivity index (χ1n) is 12.5. The molecule has 0 bridgehead atoms. The fourth-order valence-electron chi connectivity index (χ4n) is 5.36. The Bertz CT molecular complexity index is 1520. The standard InChI is InChI=1S/C31H27Cl2N3O2/c1-18-14-19(2)25(15-20(18)17-38-24-12-8-22(33)9-13-24)29-26(16-34)31(35)36(23-10-6-21(32)7-11-23)27-4-3-5-28(37)30(27)29/h6-15,29H,3-5,17,35H2,1-2H3. The van der Waals surface area contributed by atoms with Crippen LogP contribution in [0.4, 0.5) is 5.69 Å². The molecule has 1 heterocycles. The number of nitriles is 1. The van der Waals surface area contributed by atoms with Crippen molar-refractivity contribution in [3.63, 3.8) is 0 Å². The van der Waals surface area contributed by atoms with Crippen molar-refractivity contribution < 1.29 is 9.53 Å². The van der Waals surface area contributed by atoms with Crippen LogP contribution in [0.3, 0.4) is 0 Å². The highest BCUT2D eigenvalue weighted by Crippen LogP contribution is 2.47. The maximum absolute atomic E-state index is 13.5. The summed E-state index contributed by atoms with van der Waals surface area (Å²) >= 11 is 12.1. The Morgan fingerprint density at radius 3 is 2.32 bits per heavy atom. The van der Waals surface area contributed by atoms with E-state index in [9.17, 15) is 10.1 Å². The molecule has 3 aromatic rings. The number of anilines is 1. The van der Waals surface area contributed by atoms with Crippen molar-refractivity contribution in [3.05, 3.63) is 116 Å². The molecule has 2 aliphatic rings. The van der Waals surface area contributed by atoms with Gasteiger partial charge in [0.1, 0.15) is 18.2 Å². The van der Waals surface area contributed by atoms with Crippen LogP contribution in [0.15, 0.2) is 83.3 Å². The van der Waals surface area contributed by atoms with Gasteiger partial charge in [0.25, 0.3) is 0 Å². The van der Waals surface area contributed by atoms with Crippen LogP contribution in [0.2, 0.25) is 10.0 Å². The lowest BCUT2D eigenvalue weighted by molar-refractivity contribution is -0.116. The molecule has 1 atom stereocenters. The Kier molecular flexibility index (Phi) is 7.21. The number of nitrogens with zero attached hydrogens (tertiary/aromatic N) is 2. The molecule has 0 aromatic heterocycles. The predicted molar refractivity (Wildman–Crippen MR) is 151 cm³/mol. The van der Waals surface area contributed by atoms with Crippen molar-refractivity contribution in [1.29, 1.82) is 5.26 Å². The number of allylic oxidation sites excluding steroid dienone is 3. The van der Waals surface area contributed by atoms with Crippen LogP contribution in [0, 0.1) is 25.2 Å². The lowest BCUT2D eigenvalue weighted by atomic mass is 9.74. The molecule has 3 aromatic carbocycles. The van der Waals surface area contributed by atoms with E-state index in [1.54, 1.807) is 24.3 Å². The predicted octanol–water partition coefficient (Wildman–Crippen LogP) is 7.49. The number of hydrogen-bond acceptors (Lipinski definition) is 5. The van der Waals surface area contributed by atoms with Gasteiger partial charge in [0.15, 0.2) is 5.78 Å². The molecule has 7 heteroatoms. The Balaban J connectivity index is 1.61. The molecule has 0 spiro atoms. The summed E-state index contributed by atoms with van der Waals surface area (Å²) in [6.07, 6.45) is 1.87. The van der Waals surface area contributed by atoms with Gasteiger partial charge in [0.05, 0.1) is 17.6 Å². The van der Waals surface area contributed by atoms with Gasteiger partial charge in [0.2, 0.25) is 0 Å². The van der Waals surface area contributed by atoms with Crippen LogP contribution in [0.1, 0.15) is 47.4 Å². The molecular formula is C31H27Cl2N3O2. The molecule has 5 rings (SSSR count). The molecular weight excluding hydrogens is 517 g/mol. The first-order chi connectivity index (χ1) is 18.3. The quantitative estimate of drug-likeness (QED) is 0.360. The minimum absolute atomic E-state index is 0.0504. The molecule has 2 N–H and O–H groups in total. The van der Waals surface area contributed by atoms with Crippen molar-refractivity contribution in [1.82, 2.24) is 0 Å². The zero-order chi connectivity index (χ0) is 27.0. The van der Waals surface area contributed by atoms with E-state index >= 15 is 0 Å². The minimum Gasteiger partial charge on any atom is -0.489 e. The van der Waals surface area contributed by atoms with Crippen LogP contribution in [0.5, 0.6) is 5.75 Å². The topological polar surface area (TPSA) is 79.4 Å². The van der Waals surface area contributed by atoms with E-state index in [1.165, 1.54) is 0 Å². The van der Waals surface area contributed by atoms with Gasteiger partial charge in [-0.05, 0) is 97.5 Å². The number of hydrogen-bond donors (Lipinski definition) is 1. The van der Waals surface area contributed by atoms with Gasteiger partial charge in [0, 0.05) is 33.4 Å². The summed E-state index contributed by atoms with van der Waals surface area (Å²) in [5.41, 5.74) is 13.3. The van der Waals surface area contributed by atoms with Gasteiger partial charge in [-0.15, -0.1) is 0 Å². The van der Waals surface area contributed by atoms with Crippen molar-refractivity contribution >= 4 is 34.7 Å². The second kappa shape index (κ2) is 10.6. The van der Waals surface area contributed by atoms with Crippen molar-refractivity contribution in [2.45, 2.75) is 45.6 Å². The number of benzene rings is 3. The van der Waals surface area contributed by atoms with Crippen LogP contribution in [0.25, 0.3) is 0 Å². The van der Waals surface area contributed by atoms with Crippen LogP contribution < -0.4 is 15.4 Å². The number of carbonyl (C=O) groups excluding carboxylic acids is 1. The maximum Gasteiger partial charge on any atom is 0.161 e. The minimum atomic E-state index is -0.541. The number of ether oxygens (including phenoxy) is 1. The lowest BCUT2D eigenvalue weighted by Gasteiger charge is -2.40. The molecule has 0 amide bonds. The van der Waals surface area contributed by atoms with Crippen molar-refractivity contribution in [2.75, 3.05) is 4.90 Å². The number of carbonyl (C=O) groups is 1. The monoisotopic (exact) mass is 543 g/mol. The number of aryl methyl sites for hydroxylation is 2. The highest BCUT2D eigenvalue weighted by atomic mass is 35.5. The second-order valence-electron chi connectivity index (χ2n) is 9.67. The van der Waals surface area contributed by atoms with Gasteiger partial charge in [-0.1, -0.05) is 35.3 Å². The zero-order valence-corrected chi connectivity index (χ0v) is 22.7. The molecule has 1 aliphatic heterocycles. The maximum atomic E-state index is 13.5. The Labute approximate surface area is 232 Å². The van der Waals surface area contributed by atoms with Gasteiger partial charge >= 0.3 is 0 Å². The third-order valence-corrected chi connectivity index (χ3v) is 7.75. The summed E-state index contributed by atoms with van der Waals surface area (Å²) in [5, 5.41) is 11.6. The van der Waals surface area contributed by atoms with E-state index in [0.717, 1.165) is 40.1 Å². The van der Waals surface area contributed by atoms with Crippen LogP contribution in [-0.4, -0.2) is 5.78 Å². The molecule has 38 heavy (non-hydrogen) atoms. The Morgan fingerprint density at radius 1 is 1.00 bits per heavy atom. The van der Waals surface area contributed by atoms with E-state index in [0.29, 0.717) is 52.2 Å². The third-order valence-electron chi connectivity index (χ3n) is 7.24. The highest BCUT2D eigenvalue weighted by Gasteiger charge is 2.41. The summed E-state index contributed by atoms with van der Waals surface area (Å²) in [6, 6.07) is 21.0. The second-order valence-corrected chi connectivity index (χ2v) is 10.5. The molecule has 192 valence electrons. The fourth-order valence-corrected chi connectivity index (χ4v) is 5.61. The number of halogens is 2. The molecule has 0 saturated heterocycles. The summed E-state index contributed by atoms with van der Waals surface area (Å²) in [4.78, 5) is 15.4. The van der Waals surface area contributed by atoms with Crippen LogP contribution in [-0.2, 0) is 11.4 Å². The first-order valence-corrected chi connectivity index (χ1v) is 13.2. The van der Waals surface area contributed by atoms with Gasteiger partial charge in [-0.25, -0.2) is 0 Å². The largest absolute Gasteiger partial charge is 0.489 e. The fraction of sp³-hybridized carbons (Fsp3) is 0.226. The van der Waals surface area contributed by atoms with E-state index in [2.05, 4.69) is 18.2 Å².